The Kier molecular flexibility index (Phi) is 2.39. The summed E-state index contributed by atoms with van der Waals surface area (Å²) in [6, 6.07) is 1.07. The fourth-order valence-corrected chi connectivity index (χ4v) is 2.75. The molecule has 1 N–H and O–H groups in total. The Balaban J connectivity index is 2.15. The number of rotatable bonds is 1. The van der Waals surface area contributed by atoms with Crippen LogP contribution in [0.5, 0.6) is 0 Å². The Bertz CT molecular complexity index is 217. The molecule has 2 aliphatic rings. The molecule has 0 aromatic heterocycles. The van der Waals surface area contributed by atoms with Gasteiger partial charge in [0.15, 0.2) is 0 Å². The van der Waals surface area contributed by atoms with E-state index in [0.717, 1.165) is 13.1 Å². The second-order valence-corrected chi connectivity index (χ2v) is 4.29. The smallest absolute Gasteiger partial charge is 0.148 e. The van der Waals surface area contributed by atoms with Crippen LogP contribution >= 0.6 is 0 Å². The maximum absolute atomic E-state index is 11.5. The Morgan fingerprint density at radius 3 is 3.00 bits per heavy atom. The van der Waals surface area contributed by atoms with Gasteiger partial charge >= 0.3 is 0 Å². The van der Waals surface area contributed by atoms with E-state index in [0.29, 0.717) is 17.9 Å². The number of hydrogen-bond donors (Lipinski definition) is 1. The molecule has 0 aliphatic carbocycles. The third-order valence-corrected chi connectivity index (χ3v) is 3.35. The second kappa shape index (κ2) is 3.39. The van der Waals surface area contributed by atoms with Gasteiger partial charge in [-0.1, -0.05) is 0 Å². The van der Waals surface area contributed by atoms with Gasteiger partial charge in [0.25, 0.3) is 0 Å². The van der Waals surface area contributed by atoms with E-state index in [1.165, 1.54) is 12.8 Å². The summed E-state index contributed by atoms with van der Waals surface area (Å²) in [5, 5.41) is 3.42. The van der Waals surface area contributed by atoms with Crippen LogP contribution in [0.2, 0.25) is 0 Å². The molecule has 2 rings (SSSR count). The summed E-state index contributed by atoms with van der Waals surface area (Å²) in [6.07, 6.45) is 2.51. The number of ketones is 1. The molecule has 0 saturated carbocycles. The van der Waals surface area contributed by atoms with E-state index in [2.05, 4.69) is 17.1 Å². The molecule has 0 amide bonds. The monoisotopic (exact) mass is 182 g/mol. The van der Waals surface area contributed by atoms with Gasteiger partial charge < -0.3 is 5.32 Å². The molecule has 0 spiro atoms. The zero-order valence-corrected chi connectivity index (χ0v) is 8.42. The largest absolute Gasteiger partial charge is 0.311 e. The number of nitrogens with zero attached hydrogens (tertiary/aromatic N) is 1. The third kappa shape index (κ3) is 1.51. The summed E-state index contributed by atoms with van der Waals surface area (Å²) < 4.78 is 0. The number of nitrogens with one attached hydrogen (secondary N) is 1. The highest BCUT2D eigenvalue weighted by molar-refractivity contribution is 5.82. The van der Waals surface area contributed by atoms with Crippen molar-refractivity contribution in [3.05, 3.63) is 0 Å². The van der Waals surface area contributed by atoms with Crippen molar-refractivity contribution in [2.24, 2.45) is 0 Å². The Labute approximate surface area is 79.5 Å². The van der Waals surface area contributed by atoms with Crippen LogP contribution < -0.4 is 5.32 Å². The molecule has 0 radical (unpaired) electrons. The number of hydrogen-bond acceptors (Lipinski definition) is 3. The first-order valence-corrected chi connectivity index (χ1v) is 5.19. The lowest BCUT2D eigenvalue weighted by Gasteiger charge is -2.41. The first-order valence-electron chi connectivity index (χ1n) is 5.19. The van der Waals surface area contributed by atoms with Crippen LogP contribution in [0.25, 0.3) is 0 Å². The lowest BCUT2D eigenvalue weighted by Crippen LogP contribution is -2.61. The molecule has 0 bridgehead atoms. The molecule has 2 aliphatic heterocycles. The minimum Gasteiger partial charge on any atom is -0.311 e. The zero-order chi connectivity index (χ0) is 9.42. The number of fused-ring (bicyclic) bond motifs is 1. The molecule has 3 unspecified atom stereocenters. The van der Waals surface area contributed by atoms with Crippen LogP contribution in [0.1, 0.15) is 26.7 Å². The highest BCUT2D eigenvalue weighted by Gasteiger charge is 2.39. The fraction of sp³-hybridized carbons (Fsp3) is 0.900. The Morgan fingerprint density at radius 1 is 1.54 bits per heavy atom. The lowest BCUT2D eigenvalue weighted by atomic mass is 9.99. The Morgan fingerprint density at radius 2 is 2.31 bits per heavy atom. The van der Waals surface area contributed by atoms with Gasteiger partial charge in [0.05, 0.1) is 6.04 Å². The van der Waals surface area contributed by atoms with Crippen molar-refractivity contribution in [3.8, 4) is 0 Å². The van der Waals surface area contributed by atoms with E-state index in [1.54, 1.807) is 6.92 Å². The highest BCUT2D eigenvalue weighted by atomic mass is 16.1. The molecule has 0 aromatic rings. The first-order chi connectivity index (χ1) is 6.20. The van der Waals surface area contributed by atoms with Crippen LogP contribution in [-0.4, -0.2) is 41.9 Å². The number of Topliss-reactive ketones (excluding diaryl/α,β-unsaturated/α-hetero) is 1. The van der Waals surface area contributed by atoms with E-state index >= 15 is 0 Å². The number of carbonyl (C=O) groups excluding carboxylic acids is 1. The predicted molar refractivity (Wildman–Crippen MR) is 51.7 cm³/mol. The zero-order valence-electron chi connectivity index (χ0n) is 8.42. The van der Waals surface area contributed by atoms with Crippen LogP contribution in [0.3, 0.4) is 0 Å². The SMILES string of the molecule is CC(=O)C1C(C)NCC2CCCN21. The molecule has 13 heavy (non-hydrogen) atoms. The van der Waals surface area contributed by atoms with Gasteiger partial charge in [0, 0.05) is 18.6 Å². The van der Waals surface area contributed by atoms with Crippen molar-refractivity contribution in [3.63, 3.8) is 0 Å². The topological polar surface area (TPSA) is 32.3 Å². The van der Waals surface area contributed by atoms with Gasteiger partial charge in [-0.05, 0) is 33.2 Å². The van der Waals surface area contributed by atoms with Crippen LogP contribution in [0.15, 0.2) is 0 Å². The van der Waals surface area contributed by atoms with Gasteiger partial charge in [-0.3, -0.25) is 9.69 Å². The molecule has 0 aromatic carbocycles. The van der Waals surface area contributed by atoms with Crippen molar-refractivity contribution in [2.45, 2.75) is 44.8 Å². The maximum atomic E-state index is 11.5. The minimum absolute atomic E-state index is 0.126. The lowest BCUT2D eigenvalue weighted by molar-refractivity contribution is -0.124. The summed E-state index contributed by atoms with van der Waals surface area (Å²) in [7, 11) is 0. The average Bonchev–Trinajstić information content (AvgIpc) is 2.50. The average molecular weight is 182 g/mol. The van der Waals surface area contributed by atoms with Crippen LogP contribution in [-0.2, 0) is 4.79 Å². The van der Waals surface area contributed by atoms with Gasteiger partial charge in [0.1, 0.15) is 5.78 Å². The van der Waals surface area contributed by atoms with Crippen molar-refractivity contribution in [2.75, 3.05) is 13.1 Å². The molecule has 3 atom stereocenters. The normalized spacial score (nSPS) is 40.3. The summed E-state index contributed by atoms with van der Waals surface area (Å²) in [5.41, 5.74) is 0. The summed E-state index contributed by atoms with van der Waals surface area (Å²) in [4.78, 5) is 13.9. The van der Waals surface area contributed by atoms with E-state index in [4.69, 9.17) is 0 Å². The van der Waals surface area contributed by atoms with Gasteiger partial charge in [-0.2, -0.15) is 0 Å². The fourth-order valence-electron chi connectivity index (χ4n) is 2.75. The van der Waals surface area contributed by atoms with Crippen molar-refractivity contribution < 1.29 is 4.79 Å². The van der Waals surface area contributed by atoms with Crippen LogP contribution in [0, 0.1) is 0 Å². The van der Waals surface area contributed by atoms with E-state index in [1.807, 2.05) is 0 Å². The molecule has 2 heterocycles. The van der Waals surface area contributed by atoms with E-state index in [9.17, 15) is 4.79 Å². The minimum atomic E-state index is 0.126. The van der Waals surface area contributed by atoms with Gasteiger partial charge in [-0.25, -0.2) is 0 Å². The van der Waals surface area contributed by atoms with E-state index in [-0.39, 0.29) is 6.04 Å². The highest BCUT2D eigenvalue weighted by Crippen LogP contribution is 2.25. The molecular formula is C10H18N2O. The summed E-state index contributed by atoms with van der Waals surface area (Å²) in [5.74, 6) is 0.312. The van der Waals surface area contributed by atoms with E-state index < -0.39 is 0 Å². The molecule has 2 saturated heterocycles. The second-order valence-electron chi connectivity index (χ2n) is 4.29. The standard InChI is InChI=1S/C10H18N2O/c1-7-10(8(2)13)12-5-3-4-9(12)6-11-7/h7,9-11H,3-6H2,1-2H3. The quantitative estimate of drug-likeness (QED) is 0.637. The maximum Gasteiger partial charge on any atom is 0.148 e. The number of piperazine rings is 1. The molecule has 74 valence electrons. The van der Waals surface area contributed by atoms with Crippen molar-refractivity contribution >= 4 is 5.78 Å². The Hall–Kier alpha value is -0.410. The van der Waals surface area contributed by atoms with Crippen molar-refractivity contribution in [1.29, 1.82) is 0 Å². The third-order valence-electron chi connectivity index (χ3n) is 3.35. The van der Waals surface area contributed by atoms with Crippen molar-refractivity contribution in [1.82, 2.24) is 10.2 Å². The number of carbonyl (C=O) groups is 1. The van der Waals surface area contributed by atoms with Gasteiger partial charge in [-0.15, -0.1) is 0 Å². The van der Waals surface area contributed by atoms with Crippen LogP contribution in [0.4, 0.5) is 0 Å². The summed E-state index contributed by atoms with van der Waals surface area (Å²) in [6.45, 7) is 6.00. The molecule has 3 heteroatoms. The summed E-state index contributed by atoms with van der Waals surface area (Å²) >= 11 is 0. The van der Waals surface area contributed by atoms with Gasteiger partial charge in [0.2, 0.25) is 0 Å². The molecular weight excluding hydrogens is 164 g/mol. The first kappa shape index (κ1) is 9.16. The molecule has 3 nitrogen and oxygen atoms in total. The molecule has 2 fully saturated rings. The predicted octanol–water partition coefficient (Wildman–Crippen LogP) is 0.400.